The van der Waals surface area contributed by atoms with Crippen molar-refractivity contribution in [2.45, 2.75) is 6.92 Å². The summed E-state index contributed by atoms with van der Waals surface area (Å²) in [5.74, 6) is -0.315. The number of benzene rings is 2. The van der Waals surface area contributed by atoms with Crippen molar-refractivity contribution in [3.63, 3.8) is 0 Å². The first kappa shape index (κ1) is 18.7. The number of aromatic hydroxyl groups is 1. The standard InChI is InChI=1S/C20H15N3O5/c1-13(24)15-6-8-16(9-7-15)21-12-18-20(25)28-19(22-18)10-5-14-3-2-4-17(11-14)23(26)27/h2-12,25H,1H3. The number of nitro groups is 1. The Morgan fingerprint density at radius 1 is 1.21 bits per heavy atom. The SMILES string of the molecule is CC(=O)c1ccc(N=Cc2nc(C=Cc3cccc([N+](=O)[O-])c3)oc2O)cc1. The van der Waals surface area contributed by atoms with Gasteiger partial charge in [0.15, 0.2) is 11.5 Å². The highest BCUT2D eigenvalue weighted by atomic mass is 16.6. The van der Waals surface area contributed by atoms with Crippen molar-refractivity contribution in [1.82, 2.24) is 4.98 Å². The van der Waals surface area contributed by atoms with Crippen LogP contribution in [0.2, 0.25) is 0 Å². The lowest BCUT2D eigenvalue weighted by molar-refractivity contribution is -0.384. The van der Waals surface area contributed by atoms with E-state index in [9.17, 15) is 20.0 Å². The van der Waals surface area contributed by atoms with Crippen LogP contribution >= 0.6 is 0 Å². The van der Waals surface area contributed by atoms with Crippen LogP contribution in [0, 0.1) is 10.1 Å². The van der Waals surface area contributed by atoms with Crippen LogP contribution in [0.25, 0.3) is 12.2 Å². The summed E-state index contributed by atoms with van der Waals surface area (Å²) in [7, 11) is 0. The van der Waals surface area contributed by atoms with Gasteiger partial charge in [-0.2, -0.15) is 0 Å². The molecule has 0 amide bonds. The molecule has 0 aliphatic carbocycles. The summed E-state index contributed by atoms with van der Waals surface area (Å²) in [5, 5.41) is 20.7. The summed E-state index contributed by atoms with van der Waals surface area (Å²) in [5.41, 5.74) is 1.86. The predicted molar refractivity (Wildman–Crippen MR) is 104 cm³/mol. The molecular weight excluding hydrogens is 362 g/mol. The number of Topliss-reactive ketones (excluding diaryl/α,β-unsaturated/α-hetero) is 1. The number of aromatic nitrogens is 1. The molecule has 140 valence electrons. The molecule has 0 spiro atoms. The van der Waals surface area contributed by atoms with Gasteiger partial charge < -0.3 is 9.52 Å². The number of oxazole rings is 1. The van der Waals surface area contributed by atoms with E-state index in [1.165, 1.54) is 31.3 Å². The smallest absolute Gasteiger partial charge is 0.312 e. The molecule has 0 radical (unpaired) electrons. The van der Waals surface area contributed by atoms with Crippen molar-refractivity contribution in [2.75, 3.05) is 0 Å². The number of aliphatic imine (C=N–C) groups is 1. The lowest BCUT2D eigenvalue weighted by Crippen LogP contribution is -1.89. The average Bonchev–Trinajstić information content (AvgIpc) is 3.05. The van der Waals surface area contributed by atoms with Gasteiger partial charge in [-0.15, -0.1) is 0 Å². The van der Waals surface area contributed by atoms with E-state index in [1.807, 2.05) is 0 Å². The van der Waals surface area contributed by atoms with E-state index >= 15 is 0 Å². The van der Waals surface area contributed by atoms with Gasteiger partial charge in [0.1, 0.15) is 0 Å². The maximum absolute atomic E-state index is 11.3. The Labute approximate surface area is 159 Å². The number of ketones is 1. The molecule has 0 unspecified atom stereocenters. The highest BCUT2D eigenvalue weighted by Gasteiger charge is 2.09. The minimum Gasteiger partial charge on any atom is -0.479 e. The molecule has 0 atom stereocenters. The minimum absolute atomic E-state index is 0.0268. The van der Waals surface area contributed by atoms with Crippen molar-refractivity contribution in [1.29, 1.82) is 0 Å². The van der Waals surface area contributed by atoms with E-state index < -0.39 is 10.9 Å². The monoisotopic (exact) mass is 377 g/mol. The molecule has 1 heterocycles. The average molecular weight is 377 g/mol. The molecule has 0 aliphatic rings. The first-order valence-electron chi connectivity index (χ1n) is 8.20. The van der Waals surface area contributed by atoms with Gasteiger partial charge in [-0.3, -0.25) is 19.9 Å². The fourth-order valence-corrected chi connectivity index (χ4v) is 2.32. The fraction of sp³-hybridized carbons (Fsp3) is 0.0500. The second kappa shape index (κ2) is 8.09. The van der Waals surface area contributed by atoms with Crippen molar-refractivity contribution >= 4 is 35.5 Å². The minimum atomic E-state index is -0.480. The quantitative estimate of drug-likeness (QED) is 0.294. The molecule has 8 heteroatoms. The number of nitrogens with zero attached hydrogens (tertiary/aromatic N) is 3. The highest BCUT2D eigenvalue weighted by Crippen LogP contribution is 2.21. The summed E-state index contributed by atoms with van der Waals surface area (Å²) in [6, 6.07) is 12.7. The van der Waals surface area contributed by atoms with Crippen LogP contribution in [0.3, 0.4) is 0 Å². The summed E-state index contributed by atoms with van der Waals surface area (Å²) >= 11 is 0. The Kier molecular flexibility index (Phi) is 5.40. The molecule has 0 fully saturated rings. The Morgan fingerprint density at radius 3 is 2.64 bits per heavy atom. The zero-order valence-corrected chi connectivity index (χ0v) is 14.8. The Bertz CT molecular complexity index is 1080. The molecule has 3 aromatic rings. The molecule has 3 rings (SSSR count). The lowest BCUT2D eigenvalue weighted by Gasteiger charge is -1.95. The summed E-state index contributed by atoms with van der Waals surface area (Å²) in [4.78, 5) is 29.9. The van der Waals surface area contributed by atoms with Gasteiger partial charge in [0, 0.05) is 23.8 Å². The van der Waals surface area contributed by atoms with Gasteiger partial charge in [0.25, 0.3) is 5.69 Å². The van der Waals surface area contributed by atoms with Crippen molar-refractivity contribution in [2.24, 2.45) is 4.99 Å². The van der Waals surface area contributed by atoms with Crippen LogP contribution in [-0.4, -0.2) is 27.0 Å². The first-order valence-corrected chi connectivity index (χ1v) is 8.20. The van der Waals surface area contributed by atoms with Gasteiger partial charge in [-0.1, -0.05) is 12.1 Å². The number of rotatable bonds is 6. The number of nitro benzene ring substituents is 1. The molecule has 8 nitrogen and oxygen atoms in total. The van der Waals surface area contributed by atoms with E-state index in [0.717, 1.165) is 0 Å². The van der Waals surface area contributed by atoms with Gasteiger partial charge in [0.2, 0.25) is 5.89 Å². The molecule has 1 N–H and O–H groups in total. The molecule has 0 saturated heterocycles. The van der Waals surface area contributed by atoms with E-state index in [-0.39, 0.29) is 23.1 Å². The molecule has 28 heavy (non-hydrogen) atoms. The van der Waals surface area contributed by atoms with E-state index in [4.69, 9.17) is 4.42 Å². The van der Waals surface area contributed by atoms with Gasteiger partial charge >= 0.3 is 5.95 Å². The van der Waals surface area contributed by atoms with Crippen LogP contribution in [0.4, 0.5) is 11.4 Å². The highest BCUT2D eigenvalue weighted by molar-refractivity contribution is 5.94. The topological polar surface area (TPSA) is 119 Å². The van der Waals surface area contributed by atoms with Crippen LogP contribution in [0.15, 0.2) is 57.9 Å². The van der Waals surface area contributed by atoms with Gasteiger partial charge in [-0.25, -0.2) is 4.98 Å². The zero-order valence-electron chi connectivity index (χ0n) is 14.8. The lowest BCUT2D eigenvalue weighted by atomic mass is 10.1. The predicted octanol–water partition coefficient (Wildman–Crippen LogP) is 4.41. The first-order chi connectivity index (χ1) is 13.4. The fourth-order valence-electron chi connectivity index (χ4n) is 2.32. The number of carbonyl (C=O) groups excluding carboxylic acids is 1. The summed E-state index contributed by atoms with van der Waals surface area (Å²) < 4.78 is 5.14. The number of hydrogen-bond donors (Lipinski definition) is 1. The Balaban J connectivity index is 1.74. The maximum Gasteiger partial charge on any atom is 0.312 e. The molecule has 0 aliphatic heterocycles. The molecular formula is C20H15N3O5. The van der Waals surface area contributed by atoms with Crippen LogP contribution < -0.4 is 0 Å². The summed E-state index contributed by atoms with van der Waals surface area (Å²) in [6.07, 6.45) is 4.41. The summed E-state index contributed by atoms with van der Waals surface area (Å²) in [6.45, 7) is 1.48. The van der Waals surface area contributed by atoms with Gasteiger partial charge in [0.05, 0.1) is 16.8 Å². The van der Waals surface area contributed by atoms with Crippen molar-refractivity contribution in [3.8, 4) is 5.95 Å². The largest absolute Gasteiger partial charge is 0.479 e. The van der Waals surface area contributed by atoms with Crippen molar-refractivity contribution in [3.05, 3.63) is 81.4 Å². The van der Waals surface area contributed by atoms with E-state index in [0.29, 0.717) is 16.8 Å². The molecule has 1 aromatic heterocycles. The van der Waals surface area contributed by atoms with E-state index in [1.54, 1.807) is 42.5 Å². The Hall–Kier alpha value is -4.07. The third kappa shape index (κ3) is 4.55. The van der Waals surface area contributed by atoms with E-state index in [2.05, 4.69) is 9.98 Å². The molecule has 2 aromatic carbocycles. The third-order valence-corrected chi connectivity index (χ3v) is 3.76. The van der Waals surface area contributed by atoms with Crippen LogP contribution in [-0.2, 0) is 0 Å². The second-order valence-electron chi connectivity index (χ2n) is 5.79. The van der Waals surface area contributed by atoms with Crippen molar-refractivity contribution < 1.29 is 19.2 Å². The molecule has 0 saturated carbocycles. The number of hydrogen-bond acceptors (Lipinski definition) is 7. The number of carbonyl (C=O) groups is 1. The molecule has 0 bridgehead atoms. The van der Waals surface area contributed by atoms with Gasteiger partial charge in [-0.05, 0) is 42.8 Å². The zero-order chi connectivity index (χ0) is 20.1. The Morgan fingerprint density at radius 2 is 1.96 bits per heavy atom. The number of non-ortho nitro benzene ring substituents is 1. The van der Waals surface area contributed by atoms with Crippen LogP contribution in [0.5, 0.6) is 5.95 Å². The van der Waals surface area contributed by atoms with Crippen LogP contribution in [0.1, 0.15) is 34.4 Å². The maximum atomic E-state index is 11.3. The normalized spacial score (nSPS) is 11.3. The third-order valence-electron chi connectivity index (χ3n) is 3.76. The second-order valence-corrected chi connectivity index (χ2v) is 5.79.